The molecule has 0 aromatic carbocycles. The fourth-order valence-electron chi connectivity index (χ4n) is 3.08. The van der Waals surface area contributed by atoms with Crippen LogP contribution in [0, 0.1) is 5.92 Å². The maximum Gasteiger partial charge on any atom is 0.0898 e. The van der Waals surface area contributed by atoms with Gasteiger partial charge in [-0.05, 0) is 12.8 Å². The highest BCUT2D eigenvalue weighted by Gasteiger charge is 2.33. The fourth-order valence-corrected chi connectivity index (χ4v) is 3.08. The van der Waals surface area contributed by atoms with Crippen molar-refractivity contribution in [1.82, 2.24) is 15.1 Å². The molecule has 0 spiro atoms. The van der Waals surface area contributed by atoms with E-state index in [1.165, 1.54) is 17.7 Å². The van der Waals surface area contributed by atoms with Gasteiger partial charge in [0.15, 0.2) is 0 Å². The van der Waals surface area contributed by atoms with E-state index in [0.29, 0.717) is 12.0 Å². The Hall–Kier alpha value is -0.870. The molecule has 1 aliphatic heterocycles. The molecule has 2 unspecified atom stereocenters. The van der Waals surface area contributed by atoms with Crippen molar-refractivity contribution in [3.8, 4) is 0 Å². The zero-order chi connectivity index (χ0) is 15.6. The molecule has 2 atom stereocenters. The van der Waals surface area contributed by atoms with Gasteiger partial charge in [-0.1, -0.05) is 34.6 Å². The van der Waals surface area contributed by atoms with E-state index in [2.05, 4.69) is 46.1 Å². The number of aromatic nitrogens is 2. The predicted octanol–water partition coefficient (Wildman–Crippen LogP) is 3.18. The van der Waals surface area contributed by atoms with Crippen molar-refractivity contribution >= 4 is 0 Å². The zero-order valence-corrected chi connectivity index (χ0v) is 14.4. The van der Waals surface area contributed by atoms with Crippen molar-refractivity contribution in [2.24, 2.45) is 13.0 Å². The number of ether oxygens (including phenoxy) is 1. The number of hydrogen-bond acceptors (Lipinski definition) is 3. The Balaban J connectivity index is 2.25. The molecule has 2 heterocycles. The molecular weight excluding hydrogens is 262 g/mol. The fraction of sp³-hybridized carbons (Fsp3) is 0.824. The van der Waals surface area contributed by atoms with Crippen molar-refractivity contribution in [2.45, 2.75) is 65.0 Å². The number of aryl methyl sites for hydroxylation is 1. The molecule has 4 nitrogen and oxygen atoms in total. The topological polar surface area (TPSA) is 39.1 Å². The average molecular weight is 293 g/mol. The molecule has 1 fully saturated rings. The molecule has 120 valence electrons. The van der Waals surface area contributed by atoms with Gasteiger partial charge in [-0.2, -0.15) is 5.10 Å². The lowest BCUT2D eigenvalue weighted by atomic mass is 9.83. The Morgan fingerprint density at radius 2 is 2.14 bits per heavy atom. The Labute approximate surface area is 129 Å². The number of nitrogens with zero attached hydrogens (tertiary/aromatic N) is 2. The van der Waals surface area contributed by atoms with E-state index in [1.807, 2.05) is 11.7 Å². The van der Waals surface area contributed by atoms with E-state index < -0.39 is 0 Å². The number of nitrogens with one attached hydrogen (secondary N) is 1. The first kappa shape index (κ1) is 16.5. The molecule has 1 saturated heterocycles. The van der Waals surface area contributed by atoms with Crippen LogP contribution in [0.3, 0.4) is 0 Å². The summed E-state index contributed by atoms with van der Waals surface area (Å²) >= 11 is 0. The molecule has 1 aromatic heterocycles. The van der Waals surface area contributed by atoms with E-state index in [-0.39, 0.29) is 11.5 Å². The molecule has 0 radical (unpaired) electrons. The molecule has 0 aliphatic carbocycles. The van der Waals surface area contributed by atoms with Crippen molar-refractivity contribution < 1.29 is 4.74 Å². The molecular formula is C17H31N3O. The summed E-state index contributed by atoms with van der Waals surface area (Å²) in [5, 5.41) is 8.28. The van der Waals surface area contributed by atoms with Gasteiger partial charge in [0.25, 0.3) is 0 Å². The lowest BCUT2D eigenvalue weighted by Gasteiger charge is -2.33. The van der Waals surface area contributed by atoms with Crippen LogP contribution < -0.4 is 5.32 Å². The molecule has 4 heteroatoms. The Bertz CT molecular complexity index is 459. The summed E-state index contributed by atoms with van der Waals surface area (Å²) in [5.74, 6) is 0.534. The van der Waals surface area contributed by atoms with Crippen LogP contribution in [0.25, 0.3) is 0 Å². The van der Waals surface area contributed by atoms with Crippen molar-refractivity contribution in [2.75, 3.05) is 13.2 Å². The normalized spacial score (nSPS) is 23.8. The maximum absolute atomic E-state index is 6.16. The van der Waals surface area contributed by atoms with Gasteiger partial charge >= 0.3 is 0 Å². The summed E-state index contributed by atoms with van der Waals surface area (Å²) in [5.41, 5.74) is 2.50. The lowest BCUT2D eigenvalue weighted by Crippen LogP contribution is -2.35. The molecule has 1 aromatic rings. The summed E-state index contributed by atoms with van der Waals surface area (Å²) in [6, 6.07) is 0.517. The van der Waals surface area contributed by atoms with Gasteiger partial charge in [0.1, 0.15) is 0 Å². The standard InChI is InChI=1S/C17H31N3O/c1-12(2)18-10-13-8-7-9-21-15(13)14-11-20(6)19-16(14)17(3,4)5/h11-13,15,18H,7-10H2,1-6H3. The van der Waals surface area contributed by atoms with Crippen LogP contribution in [0.15, 0.2) is 6.20 Å². The van der Waals surface area contributed by atoms with Crippen LogP contribution in [0.4, 0.5) is 0 Å². The van der Waals surface area contributed by atoms with Crippen molar-refractivity contribution in [3.63, 3.8) is 0 Å². The molecule has 21 heavy (non-hydrogen) atoms. The van der Waals surface area contributed by atoms with Gasteiger partial charge in [-0.25, -0.2) is 0 Å². The van der Waals surface area contributed by atoms with E-state index in [4.69, 9.17) is 9.84 Å². The zero-order valence-electron chi connectivity index (χ0n) is 14.4. The smallest absolute Gasteiger partial charge is 0.0898 e. The Morgan fingerprint density at radius 3 is 2.76 bits per heavy atom. The number of rotatable bonds is 4. The predicted molar refractivity (Wildman–Crippen MR) is 86.5 cm³/mol. The highest BCUT2D eigenvalue weighted by atomic mass is 16.5. The summed E-state index contributed by atoms with van der Waals surface area (Å²) in [6.07, 6.45) is 4.71. The van der Waals surface area contributed by atoms with Gasteiger partial charge in [-0.3, -0.25) is 4.68 Å². The van der Waals surface area contributed by atoms with Crippen LogP contribution in [0.5, 0.6) is 0 Å². The lowest BCUT2D eigenvalue weighted by molar-refractivity contribution is -0.0291. The minimum absolute atomic E-state index is 0.0490. The monoisotopic (exact) mass is 293 g/mol. The summed E-state index contributed by atoms with van der Waals surface area (Å²) in [7, 11) is 2.00. The molecule has 1 N–H and O–H groups in total. The maximum atomic E-state index is 6.16. The molecule has 0 bridgehead atoms. The second-order valence-corrected chi connectivity index (χ2v) is 7.61. The van der Waals surface area contributed by atoms with Gasteiger partial charge in [0.2, 0.25) is 0 Å². The average Bonchev–Trinajstić information content (AvgIpc) is 2.78. The molecule has 0 amide bonds. The quantitative estimate of drug-likeness (QED) is 0.926. The SMILES string of the molecule is CC(C)NCC1CCCOC1c1cn(C)nc1C(C)(C)C. The summed E-state index contributed by atoms with van der Waals surface area (Å²) in [6.45, 7) is 12.9. The minimum atomic E-state index is 0.0490. The third-order valence-electron chi connectivity index (χ3n) is 4.11. The Morgan fingerprint density at radius 1 is 1.43 bits per heavy atom. The van der Waals surface area contributed by atoms with Crippen LogP contribution in [-0.4, -0.2) is 29.0 Å². The van der Waals surface area contributed by atoms with Gasteiger partial charge in [0.05, 0.1) is 11.8 Å². The molecule has 0 saturated carbocycles. The van der Waals surface area contributed by atoms with Gasteiger partial charge in [0, 0.05) is 49.3 Å². The first-order valence-electron chi connectivity index (χ1n) is 8.18. The van der Waals surface area contributed by atoms with Crippen LogP contribution >= 0.6 is 0 Å². The molecule has 1 aliphatic rings. The number of hydrogen-bond donors (Lipinski definition) is 1. The first-order chi connectivity index (χ1) is 9.79. The summed E-state index contributed by atoms with van der Waals surface area (Å²) < 4.78 is 8.10. The first-order valence-corrected chi connectivity index (χ1v) is 8.18. The van der Waals surface area contributed by atoms with Gasteiger partial charge < -0.3 is 10.1 Å². The van der Waals surface area contributed by atoms with E-state index in [9.17, 15) is 0 Å². The third-order valence-corrected chi connectivity index (χ3v) is 4.11. The van der Waals surface area contributed by atoms with Crippen LogP contribution in [-0.2, 0) is 17.2 Å². The highest BCUT2D eigenvalue weighted by Crippen LogP contribution is 2.38. The minimum Gasteiger partial charge on any atom is -0.373 e. The van der Waals surface area contributed by atoms with E-state index in [1.54, 1.807) is 0 Å². The second kappa shape index (κ2) is 6.49. The Kier molecular flexibility index (Phi) is 5.10. The van der Waals surface area contributed by atoms with E-state index >= 15 is 0 Å². The molecule has 2 rings (SSSR count). The second-order valence-electron chi connectivity index (χ2n) is 7.61. The largest absolute Gasteiger partial charge is 0.373 e. The highest BCUT2D eigenvalue weighted by molar-refractivity contribution is 5.27. The van der Waals surface area contributed by atoms with Gasteiger partial charge in [-0.15, -0.1) is 0 Å². The van der Waals surface area contributed by atoms with Crippen LogP contribution in [0.1, 0.15) is 64.8 Å². The van der Waals surface area contributed by atoms with Crippen LogP contribution in [0.2, 0.25) is 0 Å². The van der Waals surface area contributed by atoms with Crippen molar-refractivity contribution in [1.29, 1.82) is 0 Å². The van der Waals surface area contributed by atoms with E-state index in [0.717, 1.165) is 19.6 Å². The summed E-state index contributed by atoms with van der Waals surface area (Å²) in [4.78, 5) is 0. The third kappa shape index (κ3) is 4.07. The van der Waals surface area contributed by atoms with Crippen molar-refractivity contribution in [3.05, 3.63) is 17.5 Å².